The van der Waals surface area contributed by atoms with Gasteiger partial charge in [-0.15, -0.1) is 0 Å². The molecule has 1 aromatic carbocycles. The van der Waals surface area contributed by atoms with Crippen molar-refractivity contribution in [2.75, 3.05) is 0 Å². The largest absolute Gasteiger partial charge is 0.459 e. The first-order valence-corrected chi connectivity index (χ1v) is 9.44. The molecular formula is C21H27NO3. The number of benzene rings is 1. The molecule has 0 N–H and O–H groups in total. The van der Waals surface area contributed by atoms with Crippen molar-refractivity contribution < 1.29 is 14.1 Å². The Hall–Kier alpha value is -2.10. The lowest BCUT2D eigenvalue weighted by Crippen LogP contribution is -2.23. The third-order valence-corrected chi connectivity index (χ3v) is 5.13. The zero-order valence-electron chi connectivity index (χ0n) is 14.9. The first-order chi connectivity index (χ1) is 12.3. The van der Waals surface area contributed by atoms with Crippen molar-refractivity contribution in [2.45, 2.75) is 58.5 Å². The van der Waals surface area contributed by atoms with E-state index < -0.39 is 0 Å². The summed E-state index contributed by atoms with van der Waals surface area (Å²) in [5.41, 5.74) is 1.63. The van der Waals surface area contributed by atoms with E-state index in [-0.39, 0.29) is 18.5 Å². The number of carbonyl (C=O) groups is 1. The number of rotatable bonds is 7. The van der Waals surface area contributed by atoms with Crippen LogP contribution in [0.4, 0.5) is 0 Å². The molecule has 0 bridgehead atoms. The fourth-order valence-electron chi connectivity index (χ4n) is 3.56. The molecule has 0 spiro atoms. The molecule has 1 saturated carbocycles. The van der Waals surface area contributed by atoms with Crippen molar-refractivity contribution in [3.05, 3.63) is 42.1 Å². The number of carbonyl (C=O) groups excluding carboxylic acids is 1. The number of aromatic nitrogens is 1. The predicted octanol–water partition coefficient (Wildman–Crippen LogP) is 5.38. The van der Waals surface area contributed by atoms with Crippen LogP contribution in [-0.2, 0) is 16.1 Å². The second-order valence-electron chi connectivity index (χ2n) is 7.02. The van der Waals surface area contributed by atoms with Gasteiger partial charge in [0.15, 0.2) is 5.76 Å². The highest BCUT2D eigenvalue weighted by atomic mass is 16.5. The molecule has 0 aliphatic heterocycles. The van der Waals surface area contributed by atoms with Gasteiger partial charge < -0.3 is 9.26 Å². The number of hydrogen-bond donors (Lipinski definition) is 0. The molecule has 0 amide bonds. The summed E-state index contributed by atoms with van der Waals surface area (Å²) in [6, 6.07) is 11.6. The van der Waals surface area contributed by atoms with Crippen LogP contribution in [0.2, 0.25) is 0 Å². The van der Waals surface area contributed by atoms with E-state index in [1.807, 2.05) is 36.4 Å². The summed E-state index contributed by atoms with van der Waals surface area (Å²) in [6.45, 7) is 2.42. The average Bonchev–Trinajstić information content (AvgIpc) is 3.14. The van der Waals surface area contributed by atoms with E-state index >= 15 is 0 Å². The highest BCUT2D eigenvalue weighted by Gasteiger charge is 2.27. The van der Waals surface area contributed by atoms with Crippen LogP contribution in [0, 0.1) is 11.8 Å². The van der Waals surface area contributed by atoms with Crippen LogP contribution in [0.5, 0.6) is 0 Å². The molecule has 0 saturated heterocycles. The van der Waals surface area contributed by atoms with Crippen LogP contribution in [0.15, 0.2) is 40.9 Å². The molecule has 4 heteroatoms. The van der Waals surface area contributed by atoms with Crippen LogP contribution < -0.4 is 0 Å². The molecule has 1 aliphatic carbocycles. The van der Waals surface area contributed by atoms with Crippen LogP contribution in [-0.4, -0.2) is 11.1 Å². The van der Waals surface area contributed by atoms with Gasteiger partial charge in [-0.1, -0.05) is 61.7 Å². The summed E-state index contributed by atoms with van der Waals surface area (Å²) in [5.74, 6) is 1.47. The van der Waals surface area contributed by atoms with E-state index in [0.717, 1.165) is 37.2 Å². The van der Waals surface area contributed by atoms with Gasteiger partial charge in [-0.2, -0.15) is 0 Å². The summed E-state index contributed by atoms with van der Waals surface area (Å²) < 4.78 is 10.8. The van der Waals surface area contributed by atoms with Crippen molar-refractivity contribution >= 4 is 5.97 Å². The lowest BCUT2D eigenvalue weighted by atomic mass is 9.80. The Balaban J connectivity index is 1.45. The van der Waals surface area contributed by atoms with Gasteiger partial charge >= 0.3 is 5.97 Å². The van der Waals surface area contributed by atoms with E-state index in [0.29, 0.717) is 11.5 Å². The normalized spacial score (nSPS) is 20.4. The van der Waals surface area contributed by atoms with Crippen LogP contribution in [0.3, 0.4) is 0 Å². The van der Waals surface area contributed by atoms with Crippen LogP contribution in [0.25, 0.3) is 11.3 Å². The van der Waals surface area contributed by atoms with E-state index in [9.17, 15) is 4.79 Å². The summed E-state index contributed by atoms with van der Waals surface area (Å²) in [7, 11) is 0. The second-order valence-corrected chi connectivity index (χ2v) is 7.02. The molecule has 0 unspecified atom stereocenters. The third-order valence-electron chi connectivity index (χ3n) is 5.13. The minimum absolute atomic E-state index is 0.0540. The molecule has 2 aromatic rings. The number of unbranched alkanes of at least 4 members (excludes halogenated alkanes) is 1. The van der Waals surface area contributed by atoms with Crippen molar-refractivity contribution in [1.82, 2.24) is 5.16 Å². The first kappa shape index (κ1) is 17.7. The summed E-state index contributed by atoms with van der Waals surface area (Å²) in [4.78, 5) is 12.3. The lowest BCUT2D eigenvalue weighted by molar-refractivity contribution is -0.151. The van der Waals surface area contributed by atoms with Crippen molar-refractivity contribution in [3.8, 4) is 11.3 Å². The van der Waals surface area contributed by atoms with Crippen molar-refractivity contribution in [3.63, 3.8) is 0 Å². The van der Waals surface area contributed by atoms with E-state index in [1.165, 1.54) is 19.3 Å². The molecule has 1 fully saturated rings. The zero-order valence-corrected chi connectivity index (χ0v) is 14.9. The fraction of sp³-hybridized carbons (Fsp3) is 0.524. The molecule has 0 atom stereocenters. The van der Waals surface area contributed by atoms with Crippen LogP contribution >= 0.6 is 0 Å². The fourth-order valence-corrected chi connectivity index (χ4v) is 3.56. The van der Waals surface area contributed by atoms with Crippen molar-refractivity contribution in [2.24, 2.45) is 11.8 Å². The minimum Gasteiger partial charge on any atom is -0.459 e. The molecule has 1 aromatic heterocycles. The monoisotopic (exact) mass is 341 g/mol. The number of hydrogen-bond acceptors (Lipinski definition) is 4. The van der Waals surface area contributed by atoms with Gasteiger partial charge in [0.2, 0.25) is 0 Å². The Labute approximate surface area is 149 Å². The number of nitrogens with zero attached hydrogens (tertiary/aromatic N) is 1. The average molecular weight is 341 g/mol. The lowest BCUT2D eigenvalue weighted by Gasteiger charge is -2.27. The number of ether oxygens (including phenoxy) is 1. The predicted molar refractivity (Wildman–Crippen MR) is 96.7 cm³/mol. The van der Waals surface area contributed by atoms with E-state index in [1.54, 1.807) is 0 Å². The summed E-state index contributed by atoms with van der Waals surface area (Å²) in [6.07, 6.45) is 8.09. The molecule has 1 aliphatic rings. The van der Waals surface area contributed by atoms with Gasteiger partial charge in [-0.25, -0.2) is 0 Å². The summed E-state index contributed by atoms with van der Waals surface area (Å²) in [5, 5.41) is 4.00. The topological polar surface area (TPSA) is 52.3 Å². The molecule has 25 heavy (non-hydrogen) atoms. The van der Waals surface area contributed by atoms with Gasteiger partial charge in [-0.3, -0.25) is 4.79 Å². The maximum Gasteiger partial charge on any atom is 0.309 e. The maximum atomic E-state index is 12.3. The Morgan fingerprint density at radius 1 is 1.20 bits per heavy atom. The number of esters is 1. The highest BCUT2D eigenvalue weighted by molar-refractivity contribution is 5.72. The molecule has 134 valence electrons. The van der Waals surface area contributed by atoms with Gasteiger partial charge in [0.1, 0.15) is 12.3 Å². The van der Waals surface area contributed by atoms with Gasteiger partial charge in [0, 0.05) is 11.6 Å². The molecule has 1 heterocycles. The Morgan fingerprint density at radius 2 is 1.96 bits per heavy atom. The molecular weight excluding hydrogens is 314 g/mol. The van der Waals surface area contributed by atoms with E-state index in [4.69, 9.17) is 9.26 Å². The van der Waals surface area contributed by atoms with Crippen LogP contribution in [0.1, 0.15) is 57.6 Å². The summed E-state index contributed by atoms with van der Waals surface area (Å²) >= 11 is 0. The zero-order chi connectivity index (χ0) is 17.5. The maximum absolute atomic E-state index is 12.3. The van der Waals surface area contributed by atoms with Crippen molar-refractivity contribution in [1.29, 1.82) is 0 Å². The SMILES string of the molecule is CCCCC1CCC(C(=O)OCc2cc(-c3ccccc3)on2)CC1. The van der Waals surface area contributed by atoms with Gasteiger partial charge in [0.05, 0.1) is 5.92 Å². The quantitative estimate of drug-likeness (QED) is 0.634. The molecule has 4 nitrogen and oxygen atoms in total. The minimum atomic E-state index is -0.0850. The Bertz CT molecular complexity index is 657. The molecule has 0 radical (unpaired) electrons. The Morgan fingerprint density at radius 3 is 2.68 bits per heavy atom. The van der Waals surface area contributed by atoms with Gasteiger partial charge in [-0.05, 0) is 31.6 Å². The standard InChI is InChI=1S/C21H27NO3/c1-2-3-7-16-10-12-18(13-11-16)21(23)24-15-19-14-20(25-22-19)17-8-5-4-6-9-17/h4-6,8-9,14,16,18H,2-3,7,10-13,15H2,1H3. The molecule has 3 rings (SSSR count). The second kappa shape index (κ2) is 8.84. The third kappa shape index (κ3) is 4.94. The Kier molecular flexibility index (Phi) is 6.26. The van der Waals surface area contributed by atoms with Gasteiger partial charge in [0.25, 0.3) is 0 Å². The first-order valence-electron chi connectivity index (χ1n) is 9.44. The smallest absolute Gasteiger partial charge is 0.309 e. The highest BCUT2D eigenvalue weighted by Crippen LogP contribution is 2.32. The van der Waals surface area contributed by atoms with E-state index in [2.05, 4.69) is 12.1 Å².